The average molecular weight is 237 g/mol. The lowest BCUT2D eigenvalue weighted by molar-refractivity contribution is 0.0594. The Morgan fingerprint density at radius 1 is 1.53 bits per heavy atom. The highest BCUT2D eigenvalue weighted by atomic mass is 16.5. The van der Waals surface area contributed by atoms with Crippen LogP contribution in [0, 0.1) is 5.92 Å². The van der Waals surface area contributed by atoms with Crippen LogP contribution in [0.5, 0.6) is 0 Å². The van der Waals surface area contributed by atoms with Gasteiger partial charge >= 0.3 is 5.97 Å². The minimum Gasteiger partial charge on any atom is -0.464 e. The van der Waals surface area contributed by atoms with Crippen LogP contribution in [-0.2, 0) is 4.74 Å². The largest absolute Gasteiger partial charge is 0.464 e. The van der Waals surface area contributed by atoms with Crippen molar-refractivity contribution in [2.75, 3.05) is 31.3 Å². The predicted octanol–water partition coefficient (Wildman–Crippen LogP) is 1.54. The highest BCUT2D eigenvalue weighted by Gasteiger charge is 2.13. The number of rotatable bonds is 4. The van der Waals surface area contributed by atoms with E-state index in [0.717, 1.165) is 6.54 Å². The minimum absolute atomic E-state index is 0.271. The number of carbonyl (C=O) groups is 1. The molecule has 2 N–H and O–H groups in total. The maximum absolute atomic E-state index is 11.4. The van der Waals surface area contributed by atoms with Gasteiger partial charge in [-0.2, -0.15) is 0 Å². The second-order valence-corrected chi connectivity index (χ2v) is 4.38. The van der Waals surface area contributed by atoms with Crippen molar-refractivity contribution in [1.29, 1.82) is 0 Å². The van der Waals surface area contributed by atoms with Crippen LogP contribution in [0.1, 0.15) is 24.3 Å². The number of carbonyl (C=O) groups excluding carboxylic acids is 1. The Morgan fingerprint density at radius 3 is 2.71 bits per heavy atom. The third-order valence-corrected chi connectivity index (χ3v) is 2.30. The second-order valence-electron chi connectivity index (χ2n) is 4.38. The van der Waals surface area contributed by atoms with Crippen LogP contribution in [-0.4, -0.2) is 31.7 Å². The van der Waals surface area contributed by atoms with Crippen LogP contribution in [0.2, 0.25) is 0 Å². The molecule has 0 saturated heterocycles. The molecular weight excluding hydrogens is 218 g/mol. The summed E-state index contributed by atoms with van der Waals surface area (Å²) in [6.45, 7) is 5.04. The van der Waals surface area contributed by atoms with Crippen molar-refractivity contribution in [3.63, 3.8) is 0 Å². The third-order valence-electron chi connectivity index (χ3n) is 2.30. The highest BCUT2D eigenvalue weighted by molar-refractivity contribution is 5.88. The molecule has 1 rings (SSSR count). The molecule has 0 bridgehead atoms. The van der Waals surface area contributed by atoms with Gasteiger partial charge in [0.15, 0.2) is 11.5 Å². The summed E-state index contributed by atoms with van der Waals surface area (Å²) in [5, 5.41) is 0. The topological polar surface area (TPSA) is 68.5 Å². The van der Waals surface area contributed by atoms with E-state index in [1.54, 1.807) is 12.1 Å². The summed E-state index contributed by atoms with van der Waals surface area (Å²) < 4.78 is 4.63. The standard InChI is InChI=1S/C12H19N3O2/c1-8(2)7-15(3)11-9(13)5-6-10(14-11)12(16)17-4/h5-6,8H,7,13H2,1-4H3. The number of nitrogens with zero attached hydrogens (tertiary/aromatic N) is 2. The molecule has 1 heterocycles. The molecule has 5 nitrogen and oxygen atoms in total. The van der Waals surface area contributed by atoms with Gasteiger partial charge in [-0.3, -0.25) is 0 Å². The SMILES string of the molecule is COC(=O)c1ccc(N)c(N(C)CC(C)C)n1. The fraction of sp³-hybridized carbons (Fsp3) is 0.500. The normalized spacial score (nSPS) is 10.4. The molecular formula is C12H19N3O2. The van der Waals surface area contributed by atoms with E-state index in [0.29, 0.717) is 17.4 Å². The molecule has 0 aliphatic heterocycles. The number of esters is 1. The summed E-state index contributed by atoms with van der Waals surface area (Å²) >= 11 is 0. The Kier molecular flexibility index (Phi) is 4.31. The van der Waals surface area contributed by atoms with E-state index in [2.05, 4.69) is 23.6 Å². The molecule has 0 spiro atoms. The maximum atomic E-state index is 11.4. The molecule has 1 aromatic heterocycles. The molecule has 0 fully saturated rings. The first-order valence-electron chi connectivity index (χ1n) is 5.51. The summed E-state index contributed by atoms with van der Waals surface area (Å²) in [5.41, 5.74) is 6.68. The summed E-state index contributed by atoms with van der Waals surface area (Å²) in [7, 11) is 3.23. The summed E-state index contributed by atoms with van der Waals surface area (Å²) in [5.74, 6) is 0.647. The molecule has 1 aromatic rings. The van der Waals surface area contributed by atoms with E-state index in [9.17, 15) is 4.79 Å². The Bertz CT molecular complexity index is 405. The van der Waals surface area contributed by atoms with Gasteiger partial charge in [0.05, 0.1) is 12.8 Å². The van der Waals surface area contributed by atoms with Crippen molar-refractivity contribution in [3.05, 3.63) is 17.8 Å². The molecule has 0 amide bonds. The first-order valence-corrected chi connectivity index (χ1v) is 5.51. The second kappa shape index (κ2) is 5.52. The highest BCUT2D eigenvalue weighted by Crippen LogP contribution is 2.20. The van der Waals surface area contributed by atoms with Crippen molar-refractivity contribution in [1.82, 2.24) is 4.98 Å². The van der Waals surface area contributed by atoms with Crippen LogP contribution in [0.4, 0.5) is 11.5 Å². The van der Waals surface area contributed by atoms with Gasteiger partial charge in [-0.05, 0) is 18.1 Å². The monoisotopic (exact) mass is 237 g/mol. The molecule has 0 unspecified atom stereocenters. The molecule has 5 heteroatoms. The van der Waals surface area contributed by atoms with Crippen LogP contribution < -0.4 is 10.6 Å². The van der Waals surface area contributed by atoms with Crippen molar-refractivity contribution < 1.29 is 9.53 Å². The zero-order valence-electron chi connectivity index (χ0n) is 10.7. The van der Waals surface area contributed by atoms with Crippen LogP contribution >= 0.6 is 0 Å². The van der Waals surface area contributed by atoms with Crippen molar-refractivity contribution >= 4 is 17.5 Å². The van der Waals surface area contributed by atoms with Gasteiger partial charge in [-0.15, -0.1) is 0 Å². The Balaban J connectivity index is 3.01. The van der Waals surface area contributed by atoms with Gasteiger partial charge in [-0.25, -0.2) is 9.78 Å². The van der Waals surface area contributed by atoms with Gasteiger partial charge in [0, 0.05) is 13.6 Å². The van der Waals surface area contributed by atoms with Crippen molar-refractivity contribution in [3.8, 4) is 0 Å². The Hall–Kier alpha value is -1.78. The number of pyridine rings is 1. The van der Waals surface area contributed by atoms with E-state index < -0.39 is 5.97 Å². The zero-order chi connectivity index (χ0) is 13.0. The van der Waals surface area contributed by atoms with Gasteiger partial charge in [-0.1, -0.05) is 13.8 Å². The number of nitrogens with two attached hydrogens (primary N) is 1. The fourth-order valence-electron chi connectivity index (χ4n) is 1.62. The third kappa shape index (κ3) is 3.34. The minimum atomic E-state index is -0.454. The number of hydrogen-bond donors (Lipinski definition) is 1. The lowest BCUT2D eigenvalue weighted by Crippen LogP contribution is -2.25. The summed E-state index contributed by atoms with van der Waals surface area (Å²) in [6, 6.07) is 3.24. The van der Waals surface area contributed by atoms with Gasteiger partial charge in [0.2, 0.25) is 0 Å². The molecule has 0 atom stereocenters. The molecule has 0 saturated carbocycles. The number of aromatic nitrogens is 1. The summed E-state index contributed by atoms with van der Waals surface area (Å²) in [6.07, 6.45) is 0. The van der Waals surface area contributed by atoms with Crippen molar-refractivity contribution in [2.45, 2.75) is 13.8 Å². The number of ether oxygens (including phenoxy) is 1. The molecule has 94 valence electrons. The van der Waals surface area contributed by atoms with Gasteiger partial charge in [0.1, 0.15) is 0 Å². The first kappa shape index (κ1) is 13.3. The van der Waals surface area contributed by atoms with Crippen LogP contribution in [0.3, 0.4) is 0 Å². The van der Waals surface area contributed by atoms with E-state index in [1.807, 2.05) is 11.9 Å². The quantitative estimate of drug-likeness (QED) is 0.804. The Labute approximate surface area is 102 Å². The predicted molar refractivity (Wildman–Crippen MR) is 68.1 cm³/mol. The van der Waals surface area contributed by atoms with Crippen LogP contribution in [0.25, 0.3) is 0 Å². The molecule has 0 aromatic carbocycles. The van der Waals surface area contributed by atoms with Gasteiger partial charge in [0.25, 0.3) is 0 Å². The molecule has 0 radical (unpaired) electrons. The van der Waals surface area contributed by atoms with Gasteiger partial charge < -0.3 is 15.4 Å². The fourth-order valence-corrected chi connectivity index (χ4v) is 1.62. The van der Waals surface area contributed by atoms with Crippen LogP contribution in [0.15, 0.2) is 12.1 Å². The Morgan fingerprint density at radius 2 is 2.18 bits per heavy atom. The van der Waals surface area contributed by atoms with E-state index in [-0.39, 0.29) is 5.69 Å². The van der Waals surface area contributed by atoms with E-state index in [4.69, 9.17) is 5.73 Å². The maximum Gasteiger partial charge on any atom is 0.356 e. The molecule has 0 aliphatic rings. The first-order chi connectivity index (χ1) is 7.95. The number of nitrogen functional groups attached to an aromatic ring is 1. The molecule has 17 heavy (non-hydrogen) atoms. The zero-order valence-corrected chi connectivity index (χ0v) is 10.7. The molecule has 0 aliphatic carbocycles. The number of methoxy groups -OCH3 is 1. The summed E-state index contributed by atoms with van der Waals surface area (Å²) in [4.78, 5) is 17.5. The van der Waals surface area contributed by atoms with Crippen molar-refractivity contribution in [2.24, 2.45) is 5.92 Å². The number of anilines is 2. The smallest absolute Gasteiger partial charge is 0.356 e. The lowest BCUT2D eigenvalue weighted by atomic mass is 10.2. The lowest BCUT2D eigenvalue weighted by Gasteiger charge is -2.22. The number of hydrogen-bond acceptors (Lipinski definition) is 5. The average Bonchev–Trinajstić information content (AvgIpc) is 2.27. The van der Waals surface area contributed by atoms with E-state index in [1.165, 1.54) is 7.11 Å². The van der Waals surface area contributed by atoms with E-state index >= 15 is 0 Å².